The quantitative estimate of drug-likeness (QED) is 0.767. The van der Waals surface area contributed by atoms with Crippen LogP contribution in [0.2, 0.25) is 0 Å². The Morgan fingerprint density at radius 1 is 1.00 bits per heavy atom. The summed E-state index contributed by atoms with van der Waals surface area (Å²) in [5.41, 5.74) is 0.980. The van der Waals surface area contributed by atoms with Gasteiger partial charge in [0, 0.05) is 16.1 Å². The molecule has 0 aromatic heterocycles. The zero-order valence-corrected chi connectivity index (χ0v) is 15.2. The number of amides is 2. The van der Waals surface area contributed by atoms with Gasteiger partial charge in [-0.1, -0.05) is 13.8 Å². The summed E-state index contributed by atoms with van der Waals surface area (Å²) < 4.78 is 13.0. The first-order valence-corrected chi connectivity index (χ1v) is 9.14. The molecule has 132 valence electrons. The second-order valence-electron chi connectivity index (χ2n) is 5.92. The molecule has 1 unspecified atom stereocenters. The molecule has 25 heavy (non-hydrogen) atoms. The van der Waals surface area contributed by atoms with Crippen LogP contribution in [-0.4, -0.2) is 24.1 Å². The number of hydrogen-bond donors (Lipinski definition) is 2. The van der Waals surface area contributed by atoms with Crippen LogP contribution in [0.5, 0.6) is 0 Å². The van der Waals surface area contributed by atoms with Gasteiger partial charge in [0.1, 0.15) is 11.9 Å². The fraction of sp³-hybridized carbons (Fsp3) is 0.263. The van der Waals surface area contributed by atoms with Crippen molar-refractivity contribution in [2.24, 2.45) is 5.92 Å². The minimum absolute atomic E-state index is 0.102. The zero-order valence-electron chi connectivity index (χ0n) is 14.4. The van der Waals surface area contributed by atoms with Gasteiger partial charge in [0.25, 0.3) is 5.91 Å². The minimum atomic E-state index is -0.697. The number of anilines is 1. The lowest BCUT2D eigenvalue weighted by molar-refractivity contribution is -0.118. The first-order valence-electron chi connectivity index (χ1n) is 7.92. The SMILES string of the molecule is CSc1ccc(NC(=O)C(NC(=O)c2ccc(F)cc2)C(C)C)cc1. The van der Waals surface area contributed by atoms with Gasteiger partial charge in [-0.05, 0) is 60.7 Å². The Morgan fingerprint density at radius 2 is 1.60 bits per heavy atom. The molecular weight excluding hydrogens is 339 g/mol. The summed E-state index contributed by atoms with van der Waals surface area (Å²) >= 11 is 1.62. The van der Waals surface area contributed by atoms with Gasteiger partial charge in [-0.15, -0.1) is 11.8 Å². The predicted octanol–water partition coefficient (Wildman–Crippen LogP) is 3.94. The van der Waals surface area contributed by atoms with Crippen LogP contribution in [0.15, 0.2) is 53.4 Å². The Kier molecular flexibility index (Phi) is 6.58. The number of benzene rings is 2. The molecule has 0 aliphatic rings. The number of thioether (sulfide) groups is 1. The second-order valence-corrected chi connectivity index (χ2v) is 6.80. The molecule has 2 aromatic carbocycles. The summed E-state index contributed by atoms with van der Waals surface area (Å²) in [5.74, 6) is -1.22. The Bertz CT molecular complexity index is 730. The largest absolute Gasteiger partial charge is 0.340 e. The third kappa shape index (κ3) is 5.32. The zero-order chi connectivity index (χ0) is 18.4. The summed E-state index contributed by atoms with van der Waals surface area (Å²) in [6, 6.07) is 12.0. The normalized spacial score (nSPS) is 11.9. The molecule has 0 bridgehead atoms. The van der Waals surface area contributed by atoms with Crippen LogP contribution in [0, 0.1) is 11.7 Å². The highest BCUT2D eigenvalue weighted by molar-refractivity contribution is 7.98. The van der Waals surface area contributed by atoms with Gasteiger partial charge in [0.15, 0.2) is 0 Å². The molecule has 0 aliphatic carbocycles. The van der Waals surface area contributed by atoms with Gasteiger partial charge in [-0.2, -0.15) is 0 Å². The molecule has 0 aliphatic heterocycles. The van der Waals surface area contributed by atoms with E-state index in [0.29, 0.717) is 11.3 Å². The number of carbonyl (C=O) groups is 2. The molecule has 6 heteroatoms. The van der Waals surface area contributed by atoms with Crippen molar-refractivity contribution in [2.75, 3.05) is 11.6 Å². The van der Waals surface area contributed by atoms with Crippen LogP contribution in [0.3, 0.4) is 0 Å². The van der Waals surface area contributed by atoms with Crippen molar-refractivity contribution in [1.82, 2.24) is 5.32 Å². The van der Waals surface area contributed by atoms with Crippen molar-refractivity contribution >= 4 is 29.3 Å². The molecule has 0 radical (unpaired) electrons. The fourth-order valence-corrected chi connectivity index (χ4v) is 2.66. The molecule has 1 atom stereocenters. The lowest BCUT2D eigenvalue weighted by Gasteiger charge is -2.22. The average Bonchev–Trinajstić information content (AvgIpc) is 2.60. The van der Waals surface area contributed by atoms with E-state index in [9.17, 15) is 14.0 Å². The lowest BCUT2D eigenvalue weighted by Crippen LogP contribution is -2.47. The van der Waals surface area contributed by atoms with E-state index in [1.165, 1.54) is 24.3 Å². The van der Waals surface area contributed by atoms with E-state index in [2.05, 4.69) is 10.6 Å². The van der Waals surface area contributed by atoms with E-state index >= 15 is 0 Å². The van der Waals surface area contributed by atoms with Crippen molar-refractivity contribution in [3.05, 3.63) is 59.9 Å². The number of hydrogen-bond acceptors (Lipinski definition) is 3. The van der Waals surface area contributed by atoms with E-state index in [1.807, 2.05) is 44.4 Å². The van der Waals surface area contributed by atoms with Crippen molar-refractivity contribution in [1.29, 1.82) is 0 Å². The Hall–Kier alpha value is -2.34. The van der Waals surface area contributed by atoms with E-state index < -0.39 is 17.8 Å². The molecule has 0 spiro atoms. The van der Waals surface area contributed by atoms with Crippen LogP contribution in [-0.2, 0) is 4.79 Å². The Morgan fingerprint density at radius 3 is 2.12 bits per heavy atom. The number of nitrogens with one attached hydrogen (secondary N) is 2. The van der Waals surface area contributed by atoms with Gasteiger partial charge in [-0.25, -0.2) is 4.39 Å². The molecule has 0 saturated carbocycles. The van der Waals surface area contributed by atoms with Gasteiger partial charge < -0.3 is 10.6 Å². The van der Waals surface area contributed by atoms with Gasteiger partial charge >= 0.3 is 0 Å². The van der Waals surface area contributed by atoms with Crippen molar-refractivity contribution in [2.45, 2.75) is 24.8 Å². The summed E-state index contributed by atoms with van der Waals surface area (Å²) in [5, 5.41) is 5.53. The highest BCUT2D eigenvalue weighted by Crippen LogP contribution is 2.18. The molecule has 2 aromatic rings. The van der Waals surface area contributed by atoms with Crippen LogP contribution < -0.4 is 10.6 Å². The molecule has 2 amide bonds. The number of halogens is 1. The second kappa shape index (κ2) is 8.67. The molecule has 0 fully saturated rings. The molecule has 0 heterocycles. The smallest absolute Gasteiger partial charge is 0.251 e. The molecule has 4 nitrogen and oxygen atoms in total. The van der Waals surface area contributed by atoms with Crippen LogP contribution in [0.1, 0.15) is 24.2 Å². The molecule has 2 rings (SSSR count). The first kappa shape index (κ1) is 19.0. The highest BCUT2D eigenvalue weighted by atomic mass is 32.2. The predicted molar refractivity (Wildman–Crippen MR) is 99.3 cm³/mol. The molecular formula is C19H21FN2O2S. The van der Waals surface area contributed by atoms with Gasteiger partial charge in [-0.3, -0.25) is 9.59 Å². The topological polar surface area (TPSA) is 58.2 Å². The van der Waals surface area contributed by atoms with E-state index in [4.69, 9.17) is 0 Å². The maximum Gasteiger partial charge on any atom is 0.251 e. The third-order valence-corrected chi connectivity index (χ3v) is 4.44. The number of carbonyl (C=O) groups excluding carboxylic acids is 2. The maximum atomic E-state index is 13.0. The van der Waals surface area contributed by atoms with Crippen molar-refractivity contribution < 1.29 is 14.0 Å². The highest BCUT2D eigenvalue weighted by Gasteiger charge is 2.24. The third-order valence-electron chi connectivity index (χ3n) is 3.70. The van der Waals surface area contributed by atoms with E-state index in [0.717, 1.165) is 4.90 Å². The molecule has 2 N–H and O–H groups in total. The Labute approximate surface area is 151 Å². The van der Waals surface area contributed by atoms with Crippen LogP contribution in [0.4, 0.5) is 10.1 Å². The van der Waals surface area contributed by atoms with Gasteiger partial charge in [0.2, 0.25) is 5.91 Å². The minimum Gasteiger partial charge on any atom is -0.340 e. The fourth-order valence-electron chi connectivity index (χ4n) is 2.26. The summed E-state index contributed by atoms with van der Waals surface area (Å²) in [6.07, 6.45) is 1.98. The van der Waals surface area contributed by atoms with Crippen LogP contribution >= 0.6 is 11.8 Å². The lowest BCUT2D eigenvalue weighted by atomic mass is 10.0. The van der Waals surface area contributed by atoms with Crippen molar-refractivity contribution in [3.8, 4) is 0 Å². The van der Waals surface area contributed by atoms with E-state index in [-0.39, 0.29) is 11.8 Å². The first-order chi connectivity index (χ1) is 11.9. The van der Waals surface area contributed by atoms with Crippen molar-refractivity contribution in [3.63, 3.8) is 0 Å². The van der Waals surface area contributed by atoms with E-state index in [1.54, 1.807) is 11.8 Å². The van der Waals surface area contributed by atoms with Gasteiger partial charge in [0.05, 0.1) is 0 Å². The standard InChI is InChI=1S/C19H21FN2O2S/c1-12(2)17(22-18(23)13-4-6-14(20)7-5-13)19(24)21-15-8-10-16(25-3)11-9-15/h4-12,17H,1-3H3,(H,21,24)(H,22,23). The maximum absolute atomic E-state index is 13.0. The number of rotatable bonds is 6. The summed E-state index contributed by atoms with van der Waals surface area (Å²) in [6.45, 7) is 3.71. The van der Waals surface area contributed by atoms with Crippen LogP contribution in [0.25, 0.3) is 0 Å². The summed E-state index contributed by atoms with van der Waals surface area (Å²) in [4.78, 5) is 25.9. The average molecular weight is 360 g/mol. The summed E-state index contributed by atoms with van der Waals surface area (Å²) in [7, 11) is 0. The Balaban J connectivity index is 2.06. The molecule has 0 saturated heterocycles. The monoisotopic (exact) mass is 360 g/mol.